The van der Waals surface area contributed by atoms with Crippen LogP contribution < -0.4 is 40.3 Å². The van der Waals surface area contributed by atoms with E-state index in [2.05, 4.69) is 172 Å². The Labute approximate surface area is 289 Å². The summed E-state index contributed by atoms with van der Waals surface area (Å²) in [6.45, 7) is 25.8. The predicted octanol–water partition coefficient (Wildman–Crippen LogP) is 5.46. The zero-order chi connectivity index (χ0) is 33.8. The molecule has 7 heteroatoms. The second kappa shape index (κ2) is 18.1. The Kier molecular flexibility index (Phi) is 14.0. The van der Waals surface area contributed by atoms with Gasteiger partial charge in [-0.25, -0.2) is 0 Å². The SMILES string of the molecule is CCN(CC)c1cccc([SiH](O[SiH](c2cccc(N(CC)CC)c2)c2cccc(N(CC)CC)c2)c2cccc(N(CC)CC)c2)c1. The summed E-state index contributed by atoms with van der Waals surface area (Å²) < 4.78 is 7.81. The molecule has 47 heavy (non-hydrogen) atoms. The Balaban J connectivity index is 1.93. The molecule has 0 aromatic heterocycles. The van der Waals surface area contributed by atoms with Gasteiger partial charge in [-0.05, 0) is 125 Å². The van der Waals surface area contributed by atoms with Crippen molar-refractivity contribution in [2.45, 2.75) is 55.4 Å². The van der Waals surface area contributed by atoms with Gasteiger partial charge in [0.25, 0.3) is 0 Å². The lowest BCUT2D eigenvalue weighted by atomic mass is 10.3. The average Bonchev–Trinajstić information content (AvgIpc) is 3.11. The first-order valence-electron chi connectivity index (χ1n) is 18.0. The lowest BCUT2D eigenvalue weighted by Crippen LogP contribution is -2.56. The molecule has 4 rings (SSSR count). The quantitative estimate of drug-likeness (QED) is 0.131. The number of nitrogens with zero attached hydrogens (tertiary/aromatic N) is 4. The minimum atomic E-state index is -2.16. The molecule has 4 aromatic rings. The van der Waals surface area contributed by atoms with Gasteiger partial charge in [-0.2, -0.15) is 0 Å². The van der Waals surface area contributed by atoms with Crippen LogP contribution in [0.3, 0.4) is 0 Å². The molecule has 0 aliphatic carbocycles. The van der Waals surface area contributed by atoms with Gasteiger partial charge in [0.15, 0.2) is 0 Å². The smallest absolute Gasteiger partial charge is 0.228 e. The highest BCUT2D eigenvalue weighted by Crippen LogP contribution is 2.18. The standard InChI is InChI=1S/C40H58N4OSi2/c1-9-41(10-2)33-21-17-25-37(29-33)46(38-26-18-22-34(30-38)42(11-3)12-4)45-47(39-27-19-23-35(31-39)43(13-5)14-6)40-28-20-24-36(32-40)44(15-7)16-8/h17-32,46-47H,9-16H2,1-8H3. The fourth-order valence-electron chi connectivity index (χ4n) is 6.73. The van der Waals surface area contributed by atoms with Gasteiger partial charge in [-0.15, -0.1) is 0 Å². The molecule has 0 atom stereocenters. The van der Waals surface area contributed by atoms with Crippen molar-refractivity contribution in [3.8, 4) is 0 Å². The molecule has 0 radical (unpaired) electrons. The van der Waals surface area contributed by atoms with Gasteiger partial charge in [-0.1, -0.05) is 48.5 Å². The summed E-state index contributed by atoms with van der Waals surface area (Å²) in [6, 6.07) is 36.9. The lowest BCUT2D eigenvalue weighted by molar-refractivity contribution is 0.633. The van der Waals surface area contributed by atoms with Crippen molar-refractivity contribution in [2.24, 2.45) is 0 Å². The lowest BCUT2D eigenvalue weighted by Gasteiger charge is -2.30. The fourth-order valence-corrected chi connectivity index (χ4v) is 13.5. The van der Waals surface area contributed by atoms with Crippen molar-refractivity contribution in [1.29, 1.82) is 0 Å². The minimum absolute atomic E-state index is 0.984. The molecule has 0 aliphatic heterocycles. The molecule has 0 heterocycles. The van der Waals surface area contributed by atoms with Crippen molar-refractivity contribution in [3.05, 3.63) is 97.1 Å². The first kappa shape index (κ1) is 36.3. The molecule has 0 saturated carbocycles. The van der Waals surface area contributed by atoms with Gasteiger partial charge in [0, 0.05) is 75.1 Å². The summed E-state index contributed by atoms with van der Waals surface area (Å²) in [5.41, 5.74) is 5.11. The number of hydrogen-bond acceptors (Lipinski definition) is 5. The van der Waals surface area contributed by atoms with E-state index in [1.54, 1.807) is 0 Å². The Bertz CT molecular complexity index is 1290. The topological polar surface area (TPSA) is 22.2 Å². The summed E-state index contributed by atoms with van der Waals surface area (Å²) in [4.78, 5) is 9.77. The van der Waals surface area contributed by atoms with Crippen LogP contribution in [0, 0.1) is 0 Å². The molecule has 0 spiro atoms. The summed E-state index contributed by atoms with van der Waals surface area (Å²) >= 11 is 0. The van der Waals surface area contributed by atoms with E-state index in [0.717, 1.165) is 52.4 Å². The average molecular weight is 667 g/mol. The van der Waals surface area contributed by atoms with Crippen molar-refractivity contribution >= 4 is 61.6 Å². The number of rotatable bonds is 18. The molecule has 0 amide bonds. The van der Waals surface area contributed by atoms with Gasteiger partial charge in [0.2, 0.25) is 18.1 Å². The molecular formula is C40H58N4OSi2. The molecule has 0 unspecified atom stereocenters. The third kappa shape index (κ3) is 8.89. The highest BCUT2D eigenvalue weighted by molar-refractivity contribution is 6.92. The first-order valence-corrected chi connectivity index (χ1v) is 21.2. The molecule has 0 saturated heterocycles. The highest BCUT2D eigenvalue weighted by Gasteiger charge is 2.28. The predicted molar refractivity (Wildman–Crippen MR) is 214 cm³/mol. The fraction of sp³-hybridized carbons (Fsp3) is 0.400. The van der Waals surface area contributed by atoms with Crippen LogP contribution in [0.5, 0.6) is 0 Å². The summed E-state index contributed by atoms with van der Waals surface area (Å²) in [7, 11) is -4.32. The molecular weight excluding hydrogens is 609 g/mol. The maximum absolute atomic E-state index is 7.81. The summed E-state index contributed by atoms with van der Waals surface area (Å²) in [5, 5.41) is 5.35. The summed E-state index contributed by atoms with van der Waals surface area (Å²) in [6.07, 6.45) is 0. The van der Waals surface area contributed by atoms with Gasteiger partial charge >= 0.3 is 0 Å². The van der Waals surface area contributed by atoms with Crippen LogP contribution in [0.2, 0.25) is 0 Å². The number of benzene rings is 4. The van der Waals surface area contributed by atoms with Crippen LogP contribution in [0.1, 0.15) is 55.4 Å². The molecule has 0 N–H and O–H groups in total. The van der Waals surface area contributed by atoms with Crippen LogP contribution in [-0.4, -0.2) is 70.4 Å². The van der Waals surface area contributed by atoms with Gasteiger partial charge in [0.05, 0.1) is 0 Å². The van der Waals surface area contributed by atoms with E-state index in [0.29, 0.717) is 0 Å². The highest BCUT2D eigenvalue weighted by atomic mass is 28.4. The Morgan fingerprint density at radius 3 is 0.766 bits per heavy atom. The van der Waals surface area contributed by atoms with E-state index in [-0.39, 0.29) is 0 Å². The molecule has 252 valence electrons. The molecule has 0 aliphatic rings. The molecule has 5 nitrogen and oxygen atoms in total. The third-order valence-corrected chi connectivity index (χ3v) is 15.5. The zero-order valence-corrected chi connectivity index (χ0v) is 32.6. The van der Waals surface area contributed by atoms with Crippen LogP contribution in [0.25, 0.3) is 0 Å². The maximum Gasteiger partial charge on any atom is 0.228 e. The number of anilines is 4. The molecule has 4 aromatic carbocycles. The number of hydrogen-bond donors (Lipinski definition) is 0. The van der Waals surface area contributed by atoms with Crippen molar-refractivity contribution < 1.29 is 4.12 Å². The van der Waals surface area contributed by atoms with Crippen molar-refractivity contribution in [2.75, 3.05) is 72.0 Å². The summed E-state index contributed by atoms with van der Waals surface area (Å²) in [5.74, 6) is 0. The van der Waals surface area contributed by atoms with Crippen molar-refractivity contribution in [3.63, 3.8) is 0 Å². The van der Waals surface area contributed by atoms with Gasteiger partial charge in [0.1, 0.15) is 0 Å². The van der Waals surface area contributed by atoms with E-state index in [9.17, 15) is 0 Å². The van der Waals surface area contributed by atoms with Gasteiger partial charge < -0.3 is 23.7 Å². The Hall–Kier alpha value is -3.53. The largest absolute Gasteiger partial charge is 0.446 e. The second-order valence-corrected chi connectivity index (χ2v) is 17.2. The van der Waals surface area contributed by atoms with E-state index < -0.39 is 18.1 Å². The first-order chi connectivity index (χ1) is 22.9. The van der Waals surface area contributed by atoms with Crippen LogP contribution >= 0.6 is 0 Å². The molecule has 0 fully saturated rings. The third-order valence-electron chi connectivity index (χ3n) is 9.48. The van der Waals surface area contributed by atoms with Crippen LogP contribution in [0.15, 0.2) is 97.1 Å². The Morgan fingerprint density at radius 1 is 0.362 bits per heavy atom. The van der Waals surface area contributed by atoms with Crippen LogP contribution in [-0.2, 0) is 4.12 Å². The van der Waals surface area contributed by atoms with Crippen LogP contribution in [0.4, 0.5) is 22.7 Å². The zero-order valence-electron chi connectivity index (χ0n) is 30.2. The van der Waals surface area contributed by atoms with Crippen molar-refractivity contribution in [1.82, 2.24) is 0 Å². The monoisotopic (exact) mass is 666 g/mol. The van der Waals surface area contributed by atoms with E-state index in [4.69, 9.17) is 4.12 Å². The normalized spacial score (nSPS) is 11.3. The minimum Gasteiger partial charge on any atom is -0.446 e. The van der Waals surface area contributed by atoms with E-state index >= 15 is 0 Å². The van der Waals surface area contributed by atoms with E-state index in [1.165, 1.54) is 43.5 Å². The van der Waals surface area contributed by atoms with Gasteiger partial charge in [-0.3, -0.25) is 0 Å². The maximum atomic E-state index is 7.81. The molecule has 0 bridgehead atoms. The van der Waals surface area contributed by atoms with E-state index in [1.807, 2.05) is 0 Å². The Morgan fingerprint density at radius 2 is 0.574 bits per heavy atom. The second-order valence-electron chi connectivity index (χ2n) is 12.0.